The van der Waals surface area contributed by atoms with Crippen LogP contribution in [-0.2, 0) is 6.42 Å². The van der Waals surface area contributed by atoms with Crippen LogP contribution in [0.1, 0.15) is 82.9 Å². The highest BCUT2D eigenvalue weighted by molar-refractivity contribution is 5.35. The zero-order valence-corrected chi connectivity index (χ0v) is 14.3. The third-order valence-electron chi connectivity index (χ3n) is 3.88. The molecule has 20 heavy (non-hydrogen) atoms. The summed E-state index contributed by atoms with van der Waals surface area (Å²) in [4.78, 5) is 0. The zero-order valence-electron chi connectivity index (χ0n) is 14.3. The Morgan fingerprint density at radius 2 is 1.60 bits per heavy atom. The van der Waals surface area contributed by atoms with Crippen molar-refractivity contribution < 1.29 is 0 Å². The Morgan fingerprint density at radius 1 is 0.900 bits per heavy atom. The SMILES string of the molecule is CC(C)NCCCCc1ccc(C(C)C)cc1C(C)C. The fraction of sp³-hybridized carbons (Fsp3) is 0.684. The van der Waals surface area contributed by atoms with E-state index in [2.05, 4.69) is 65.1 Å². The molecule has 1 N–H and O–H groups in total. The van der Waals surface area contributed by atoms with Crippen molar-refractivity contribution in [3.63, 3.8) is 0 Å². The van der Waals surface area contributed by atoms with Crippen molar-refractivity contribution in [3.05, 3.63) is 34.9 Å². The van der Waals surface area contributed by atoms with Crippen LogP contribution >= 0.6 is 0 Å². The summed E-state index contributed by atoms with van der Waals surface area (Å²) in [6.45, 7) is 14.7. The third-order valence-corrected chi connectivity index (χ3v) is 3.88. The predicted octanol–water partition coefficient (Wildman–Crippen LogP) is 5.25. The van der Waals surface area contributed by atoms with Crippen LogP contribution in [0.4, 0.5) is 0 Å². The maximum atomic E-state index is 3.49. The first-order chi connectivity index (χ1) is 9.41. The summed E-state index contributed by atoms with van der Waals surface area (Å²) in [5.74, 6) is 1.24. The molecule has 0 radical (unpaired) electrons. The van der Waals surface area contributed by atoms with Gasteiger partial charge in [0.2, 0.25) is 0 Å². The van der Waals surface area contributed by atoms with E-state index in [0.717, 1.165) is 6.54 Å². The second-order valence-corrected chi connectivity index (χ2v) is 6.83. The molecule has 0 atom stereocenters. The van der Waals surface area contributed by atoms with Crippen molar-refractivity contribution in [2.75, 3.05) is 6.54 Å². The lowest BCUT2D eigenvalue weighted by atomic mass is 9.89. The van der Waals surface area contributed by atoms with Crippen LogP contribution in [0.2, 0.25) is 0 Å². The molecule has 0 heterocycles. The van der Waals surface area contributed by atoms with Gasteiger partial charge in [-0.05, 0) is 54.3 Å². The molecule has 1 aromatic carbocycles. The number of hydrogen-bond acceptors (Lipinski definition) is 1. The lowest BCUT2D eigenvalue weighted by Gasteiger charge is -2.16. The molecule has 0 saturated heterocycles. The molecule has 0 aromatic heterocycles. The predicted molar refractivity (Wildman–Crippen MR) is 90.7 cm³/mol. The lowest BCUT2D eigenvalue weighted by Crippen LogP contribution is -2.23. The van der Waals surface area contributed by atoms with Crippen LogP contribution in [0.5, 0.6) is 0 Å². The van der Waals surface area contributed by atoms with Crippen LogP contribution in [0, 0.1) is 0 Å². The van der Waals surface area contributed by atoms with E-state index in [1.165, 1.54) is 24.8 Å². The number of unbranched alkanes of at least 4 members (excludes halogenated alkanes) is 1. The van der Waals surface area contributed by atoms with Gasteiger partial charge in [-0.25, -0.2) is 0 Å². The molecule has 0 aliphatic carbocycles. The number of hydrogen-bond donors (Lipinski definition) is 1. The summed E-state index contributed by atoms with van der Waals surface area (Å²) >= 11 is 0. The standard InChI is InChI=1S/C19H33N/c1-14(2)18-11-10-17(19(13-18)15(3)4)9-7-8-12-20-16(5)6/h10-11,13-16,20H,7-9,12H2,1-6H3. The van der Waals surface area contributed by atoms with Crippen LogP contribution < -0.4 is 5.32 Å². The number of rotatable bonds is 8. The minimum absolute atomic E-state index is 0.603. The molecular weight excluding hydrogens is 242 g/mol. The van der Waals surface area contributed by atoms with Gasteiger partial charge in [0.1, 0.15) is 0 Å². The summed E-state index contributed by atoms with van der Waals surface area (Å²) in [5, 5.41) is 3.49. The summed E-state index contributed by atoms with van der Waals surface area (Å²) in [6, 6.07) is 7.71. The molecule has 0 bridgehead atoms. The molecule has 0 aliphatic rings. The van der Waals surface area contributed by atoms with Crippen LogP contribution in [0.25, 0.3) is 0 Å². The molecular formula is C19H33N. The second-order valence-electron chi connectivity index (χ2n) is 6.83. The van der Waals surface area contributed by atoms with Crippen molar-refractivity contribution in [1.82, 2.24) is 5.32 Å². The molecule has 0 aliphatic heterocycles. The fourth-order valence-corrected chi connectivity index (χ4v) is 2.57. The third kappa shape index (κ3) is 5.66. The van der Waals surface area contributed by atoms with E-state index in [1.807, 2.05) is 0 Å². The molecule has 0 saturated carbocycles. The van der Waals surface area contributed by atoms with E-state index in [4.69, 9.17) is 0 Å². The quantitative estimate of drug-likeness (QED) is 0.639. The molecule has 0 amide bonds. The molecule has 1 heteroatoms. The van der Waals surface area contributed by atoms with Gasteiger partial charge in [0.05, 0.1) is 0 Å². The van der Waals surface area contributed by atoms with E-state index in [9.17, 15) is 0 Å². The summed E-state index contributed by atoms with van der Waals surface area (Å²) < 4.78 is 0. The molecule has 1 aromatic rings. The van der Waals surface area contributed by atoms with Gasteiger partial charge in [-0.15, -0.1) is 0 Å². The molecule has 114 valence electrons. The number of benzene rings is 1. The minimum Gasteiger partial charge on any atom is -0.315 e. The van der Waals surface area contributed by atoms with Gasteiger partial charge < -0.3 is 5.32 Å². The Hall–Kier alpha value is -0.820. The fourth-order valence-electron chi connectivity index (χ4n) is 2.57. The molecule has 1 nitrogen and oxygen atoms in total. The Morgan fingerprint density at radius 3 is 2.15 bits per heavy atom. The van der Waals surface area contributed by atoms with E-state index >= 15 is 0 Å². The van der Waals surface area contributed by atoms with E-state index < -0.39 is 0 Å². The second kappa shape index (κ2) is 8.46. The smallest absolute Gasteiger partial charge is 0.00103 e. The van der Waals surface area contributed by atoms with Gasteiger partial charge in [-0.1, -0.05) is 59.7 Å². The van der Waals surface area contributed by atoms with E-state index in [0.29, 0.717) is 17.9 Å². The number of nitrogens with one attached hydrogen (secondary N) is 1. The highest BCUT2D eigenvalue weighted by Gasteiger charge is 2.09. The summed E-state index contributed by atoms with van der Waals surface area (Å²) in [5.41, 5.74) is 4.57. The average molecular weight is 275 g/mol. The van der Waals surface area contributed by atoms with E-state index in [-0.39, 0.29) is 0 Å². The largest absolute Gasteiger partial charge is 0.315 e. The Kier molecular flexibility index (Phi) is 7.29. The van der Waals surface area contributed by atoms with Gasteiger partial charge in [0.15, 0.2) is 0 Å². The van der Waals surface area contributed by atoms with Crippen molar-refractivity contribution >= 4 is 0 Å². The molecule has 1 rings (SSSR count). The normalized spacial score (nSPS) is 11.8. The van der Waals surface area contributed by atoms with Gasteiger partial charge in [0.25, 0.3) is 0 Å². The van der Waals surface area contributed by atoms with Crippen LogP contribution in [0.15, 0.2) is 18.2 Å². The highest BCUT2D eigenvalue weighted by atomic mass is 14.9. The van der Waals surface area contributed by atoms with Gasteiger partial charge in [-0.3, -0.25) is 0 Å². The Labute approximate surface area is 126 Å². The molecule has 0 unspecified atom stereocenters. The van der Waals surface area contributed by atoms with Crippen molar-refractivity contribution in [3.8, 4) is 0 Å². The van der Waals surface area contributed by atoms with Gasteiger partial charge in [-0.2, -0.15) is 0 Å². The number of aryl methyl sites for hydroxylation is 1. The highest BCUT2D eigenvalue weighted by Crippen LogP contribution is 2.26. The molecule has 0 fully saturated rings. The average Bonchev–Trinajstić information content (AvgIpc) is 2.37. The van der Waals surface area contributed by atoms with Gasteiger partial charge in [0, 0.05) is 6.04 Å². The monoisotopic (exact) mass is 275 g/mol. The summed E-state index contributed by atoms with van der Waals surface area (Å²) in [7, 11) is 0. The van der Waals surface area contributed by atoms with Crippen LogP contribution in [0.3, 0.4) is 0 Å². The van der Waals surface area contributed by atoms with Crippen molar-refractivity contribution in [2.24, 2.45) is 0 Å². The minimum atomic E-state index is 0.603. The topological polar surface area (TPSA) is 12.0 Å². The van der Waals surface area contributed by atoms with Crippen molar-refractivity contribution in [2.45, 2.75) is 78.7 Å². The Balaban J connectivity index is 2.60. The first-order valence-corrected chi connectivity index (χ1v) is 8.28. The zero-order chi connectivity index (χ0) is 15.1. The maximum absolute atomic E-state index is 3.49. The van der Waals surface area contributed by atoms with Gasteiger partial charge >= 0.3 is 0 Å². The van der Waals surface area contributed by atoms with E-state index in [1.54, 1.807) is 11.1 Å². The first kappa shape index (κ1) is 17.2. The van der Waals surface area contributed by atoms with Crippen LogP contribution in [-0.4, -0.2) is 12.6 Å². The van der Waals surface area contributed by atoms with Crippen molar-refractivity contribution in [1.29, 1.82) is 0 Å². The summed E-state index contributed by atoms with van der Waals surface area (Å²) in [6.07, 6.45) is 3.76. The lowest BCUT2D eigenvalue weighted by molar-refractivity contribution is 0.557. The maximum Gasteiger partial charge on any atom is 0.00103 e. The first-order valence-electron chi connectivity index (χ1n) is 8.28. The Bertz CT molecular complexity index is 391. The molecule has 0 spiro atoms.